The van der Waals surface area contributed by atoms with E-state index in [4.69, 9.17) is 5.11 Å². The maximum atomic E-state index is 11.9. The zero-order valence-electron chi connectivity index (χ0n) is 10.0. The molecular formula is C13H16N2O3. The van der Waals surface area contributed by atoms with Crippen LogP contribution in [0.5, 0.6) is 0 Å². The maximum Gasteiger partial charge on any atom is 0.323 e. The number of anilines is 1. The first-order valence-electron chi connectivity index (χ1n) is 5.58. The molecule has 0 spiro atoms. The summed E-state index contributed by atoms with van der Waals surface area (Å²) in [5.74, 6) is -1.06. The van der Waals surface area contributed by atoms with Crippen molar-refractivity contribution in [1.82, 2.24) is 5.32 Å². The van der Waals surface area contributed by atoms with Gasteiger partial charge in [-0.3, -0.25) is 9.69 Å². The Morgan fingerprint density at radius 3 is 2.56 bits per heavy atom. The molecule has 1 aromatic carbocycles. The van der Waals surface area contributed by atoms with Gasteiger partial charge in [0.25, 0.3) is 0 Å². The summed E-state index contributed by atoms with van der Waals surface area (Å²) in [6.45, 7) is 3.61. The van der Waals surface area contributed by atoms with Gasteiger partial charge in [-0.15, -0.1) is 6.58 Å². The van der Waals surface area contributed by atoms with Crippen LogP contribution in [0, 0.1) is 0 Å². The fourth-order valence-electron chi connectivity index (χ4n) is 1.40. The molecular weight excluding hydrogens is 232 g/mol. The van der Waals surface area contributed by atoms with Gasteiger partial charge in [0, 0.05) is 12.2 Å². The SMILES string of the molecule is C=CCCNC(=O)N(CC(=O)O)c1ccccc1. The van der Waals surface area contributed by atoms with Crippen LogP contribution >= 0.6 is 0 Å². The second-order valence-electron chi connectivity index (χ2n) is 3.62. The predicted molar refractivity (Wildman–Crippen MR) is 69.6 cm³/mol. The molecule has 0 aliphatic carbocycles. The Kier molecular flexibility index (Phi) is 5.44. The summed E-state index contributed by atoms with van der Waals surface area (Å²) >= 11 is 0. The highest BCUT2D eigenvalue weighted by Crippen LogP contribution is 2.12. The van der Waals surface area contributed by atoms with Crippen molar-refractivity contribution in [1.29, 1.82) is 0 Å². The van der Waals surface area contributed by atoms with E-state index in [1.807, 2.05) is 0 Å². The lowest BCUT2D eigenvalue weighted by Crippen LogP contribution is -2.43. The summed E-state index contributed by atoms with van der Waals surface area (Å²) in [4.78, 5) is 23.8. The van der Waals surface area contributed by atoms with Crippen LogP contribution in [0.1, 0.15) is 6.42 Å². The Hall–Kier alpha value is -2.30. The van der Waals surface area contributed by atoms with E-state index in [9.17, 15) is 9.59 Å². The molecule has 0 bridgehead atoms. The predicted octanol–water partition coefficient (Wildman–Crippen LogP) is 1.86. The number of carboxylic acids is 1. The van der Waals surface area contributed by atoms with Gasteiger partial charge in [0.2, 0.25) is 0 Å². The molecule has 0 heterocycles. The molecule has 0 aliphatic heterocycles. The largest absolute Gasteiger partial charge is 0.480 e. The van der Waals surface area contributed by atoms with Crippen molar-refractivity contribution in [3.8, 4) is 0 Å². The first-order valence-corrected chi connectivity index (χ1v) is 5.58. The van der Waals surface area contributed by atoms with Gasteiger partial charge in [-0.05, 0) is 18.6 Å². The monoisotopic (exact) mass is 248 g/mol. The molecule has 0 saturated carbocycles. The molecule has 0 fully saturated rings. The van der Waals surface area contributed by atoms with Crippen molar-refractivity contribution in [2.45, 2.75) is 6.42 Å². The summed E-state index contributed by atoms with van der Waals surface area (Å²) in [6, 6.07) is 8.26. The summed E-state index contributed by atoms with van der Waals surface area (Å²) in [6.07, 6.45) is 2.33. The molecule has 1 aromatic rings. The van der Waals surface area contributed by atoms with Crippen molar-refractivity contribution >= 4 is 17.7 Å². The number of rotatable bonds is 6. The maximum absolute atomic E-state index is 11.9. The average molecular weight is 248 g/mol. The second kappa shape index (κ2) is 7.11. The molecule has 2 N–H and O–H groups in total. The Bertz CT molecular complexity index is 418. The van der Waals surface area contributed by atoms with Crippen LogP contribution in [-0.4, -0.2) is 30.2 Å². The smallest absolute Gasteiger partial charge is 0.323 e. The Morgan fingerprint density at radius 1 is 1.33 bits per heavy atom. The number of nitrogens with one attached hydrogen (secondary N) is 1. The van der Waals surface area contributed by atoms with Crippen molar-refractivity contribution in [2.24, 2.45) is 0 Å². The van der Waals surface area contributed by atoms with E-state index in [1.165, 1.54) is 4.90 Å². The number of carbonyl (C=O) groups excluding carboxylic acids is 1. The number of benzene rings is 1. The Labute approximate surface area is 106 Å². The van der Waals surface area contributed by atoms with Gasteiger partial charge in [0.05, 0.1) is 0 Å². The Morgan fingerprint density at radius 2 is 2.00 bits per heavy atom. The minimum absolute atomic E-state index is 0.371. The summed E-state index contributed by atoms with van der Waals surface area (Å²) in [7, 11) is 0. The standard InChI is InChI=1S/C13H16N2O3/c1-2-3-9-14-13(18)15(10-12(16)17)11-7-5-4-6-8-11/h2,4-8H,1,3,9-10H2,(H,14,18)(H,16,17). The molecule has 5 nitrogen and oxygen atoms in total. The highest BCUT2D eigenvalue weighted by Gasteiger charge is 2.17. The molecule has 0 aromatic heterocycles. The number of aliphatic carboxylic acids is 1. The van der Waals surface area contributed by atoms with Crippen LogP contribution in [-0.2, 0) is 4.79 Å². The van der Waals surface area contributed by atoms with Crippen LogP contribution in [0.4, 0.5) is 10.5 Å². The normalized spacial score (nSPS) is 9.56. The molecule has 0 unspecified atom stereocenters. The zero-order chi connectivity index (χ0) is 13.4. The highest BCUT2D eigenvalue weighted by atomic mass is 16.4. The fourth-order valence-corrected chi connectivity index (χ4v) is 1.40. The van der Waals surface area contributed by atoms with Crippen LogP contribution in [0.3, 0.4) is 0 Å². The third-order valence-corrected chi connectivity index (χ3v) is 2.23. The number of urea groups is 1. The molecule has 18 heavy (non-hydrogen) atoms. The molecule has 0 saturated heterocycles. The third kappa shape index (κ3) is 4.29. The zero-order valence-corrected chi connectivity index (χ0v) is 10.0. The lowest BCUT2D eigenvalue weighted by molar-refractivity contribution is -0.135. The lowest BCUT2D eigenvalue weighted by atomic mass is 10.3. The summed E-state index contributed by atoms with van der Waals surface area (Å²) in [5.41, 5.74) is 0.552. The molecule has 0 radical (unpaired) electrons. The van der Waals surface area contributed by atoms with E-state index in [2.05, 4.69) is 11.9 Å². The van der Waals surface area contributed by atoms with Crippen molar-refractivity contribution in [3.05, 3.63) is 43.0 Å². The Balaban J connectivity index is 2.75. The van der Waals surface area contributed by atoms with Crippen LogP contribution in [0.15, 0.2) is 43.0 Å². The number of hydrogen-bond acceptors (Lipinski definition) is 2. The minimum atomic E-state index is -1.06. The van der Waals surface area contributed by atoms with Gasteiger partial charge in [-0.25, -0.2) is 4.79 Å². The summed E-state index contributed by atoms with van der Waals surface area (Å²) in [5, 5.41) is 11.5. The van der Waals surface area contributed by atoms with E-state index in [0.717, 1.165) is 0 Å². The highest BCUT2D eigenvalue weighted by molar-refractivity contribution is 5.96. The number of para-hydroxylation sites is 1. The first-order chi connectivity index (χ1) is 8.65. The topological polar surface area (TPSA) is 69.6 Å². The van der Waals surface area contributed by atoms with Gasteiger partial charge < -0.3 is 10.4 Å². The molecule has 1 rings (SSSR count). The number of nitrogens with zero attached hydrogens (tertiary/aromatic N) is 1. The quantitative estimate of drug-likeness (QED) is 0.596. The van der Waals surface area contributed by atoms with Crippen LogP contribution < -0.4 is 10.2 Å². The molecule has 0 aliphatic rings. The number of amides is 2. The van der Waals surface area contributed by atoms with E-state index >= 15 is 0 Å². The first kappa shape index (κ1) is 13.8. The number of carbonyl (C=O) groups is 2. The fraction of sp³-hybridized carbons (Fsp3) is 0.231. The second-order valence-corrected chi connectivity index (χ2v) is 3.62. The van der Waals surface area contributed by atoms with Crippen LogP contribution in [0.25, 0.3) is 0 Å². The van der Waals surface area contributed by atoms with Crippen molar-refractivity contribution in [2.75, 3.05) is 18.0 Å². The van der Waals surface area contributed by atoms with Crippen molar-refractivity contribution < 1.29 is 14.7 Å². The van der Waals surface area contributed by atoms with E-state index < -0.39 is 12.0 Å². The van der Waals surface area contributed by atoms with Gasteiger partial charge in [-0.2, -0.15) is 0 Å². The van der Waals surface area contributed by atoms with Gasteiger partial charge in [0.1, 0.15) is 6.54 Å². The van der Waals surface area contributed by atoms with E-state index in [0.29, 0.717) is 18.7 Å². The van der Waals surface area contributed by atoms with Gasteiger partial charge in [0.15, 0.2) is 0 Å². The van der Waals surface area contributed by atoms with Crippen LogP contribution in [0.2, 0.25) is 0 Å². The van der Waals surface area contributed by atoms with E-state index in [1.54, 1.807) is 36.4 Å². The van der Waals surface area contributed by atoms with E-state index in [-0.39, 0.29) is 6.54 Å². The third-order valence-electron chi connectivity index (χ3n) is 2.23. The molecule has 0 atom stereocenters. The van der Waals surface area contributed by atoms with Crippen molar-refractivity contribution in [3.63, 3.8) is 0 Å². The lowest BCUT2D eigenvalue weighted by Gasteiger charge is -2.21. The molecule has 2 amide bonds. The molecule has 96 valence electrons. The summed E-state index contributed by atoms with van der Waals surface area (Å²) < 4.78 is 0. The van der Waals surface area contributed by atoms with Gasteiger partial charge >= 0.3 is 12.0 Å². The molecule has 5 heteroatoms. The number of hydrogen-bond donors (Lipinski definition) is 2. The minimum Gasteiger partial charge on any atom is -0.480 e. The number of carboxylic acid groups (broad SMARTS) is 1. The average Bonchev–Trinajstić information content (AvgIpc) is 2.37. The van der Waals surface area contributed by atoms with Gasteiger partial charge in [-0.1, -0.05) is 24.3 Å².